The van der Waals surface area contributed by atoms with Gasteiger partial charge < -0.3 is 9.30 Å². The minimum absolute atomic E-state index is 0.0326. The van der Waals surface area contributed by atoms with E-state index in [0.29, 0.717) is 18.7 Å². The van der Waals surface area contributed by atoms with Crippen LogP contribution in [-0.4, -0.2) is 23.5 Å². The van der Waals surface area contributed by atoms with Gasteiger partial charge in [-0.25, -0.2) is 0 Å². The number of halogens is 1. The van der Waals surface area contributed by atoms with Gasteiger partial charge in [-0.15, -0.1) is 0 Å². The van der Waals surface area contributed by atoms with Gasteiger partial charge >= 0.3 is 0 Å². The number of methoxy groups -OCH3 is 1. The van der Waals surface area contributed by atoms with Gasteiger partial charge in [0.25, 0.3) is 5.56 Å². The van der Waals surface area contributed by atoms with E-state index in [9.17, 15) is 9.59 Å². The monoisotopic (exact) mass is 299 g/mol. The smallest absolute Gasteiger partial charge is 0.254 e. The molecule has 0 fully saturated rings. The highest BCUT2D eigenvalue weighted by molar-refractivity contribution is 6.63. The van der Waals surface area contributed by atoms with E-state index in [-0.39, 0.29) is 17.4 Å². The van der Waals surface area contributed by atoms with Crippen LogP contribution in [0.2, 0.25) is 0 Å². The predicted octanol–water partition coefficient (Wildman–Crippen LogP) is 2.49. The summed E-state index contributed by atoms with van der Waals surface area (Å²) in [6.07, 6.45) is 0.715. The highest BCUT2D eigenvalue weighted by Gasteiger charge is 2.20. The molecular formula is C15H22ClNO3. The molecule has 0 bridgehead atoms. The third-order valence-electron chi connectivity index (χ3n) is 3.08. The highest BCUT2D eigenvalue weighted by Crippen LogP contribution is 2.21. The topological polar surface area (TPSA) is 48.3 Å². The number of ether oxygens (including phenoxy) is 1. The number of aromatic nitrogens is 1. The molecule has 0 amide bonds. The van der Waals surface area contributed by atoms with Crippen LogP contribution < -0.4 is 5.56 Å². The lowest BCUT2D eigenvalue weighted by Gasteiger charge is -2.24. The molecule has 0 unspecified atom stereocenters. The average molecular weight is 300 g/mol. The lowest BCUT2D eigenvalue weighted by molar-refractivity contribution is -0.111. The molecule has 0 spiro atoms. The SMILES string of the molecule is COCCCn1c(C(C)(C)C)ccc(CC(=O)Cl)c1=O. The first-order chi connectivity index (χ1) is 9.27. The maximum Gasteiger partial charge on any atom is 0.254 e. The normalized spacial score (nSPS) is 11.7. The molecule has 0 aliphatic carbocycles. The third kappa shape index (κ3) is 4.46. The van der Waals surface area contributed by atoms with Gasteiger partial charge in [0.1, 0.15) is 0 Å². The summed E-state index contributed by atoms with van der Waals surface area (Å²) >= 11 is 5.39. The zero-order chi connectivity index (χ0) is 15.3. The fourth-order valence-electron chi connectivity index (χ4n) is 2.15. The van der Waals surface area contributed by atoms with E-state index in [2.05, 4.69) is 20.8 Å². The summed E-state index contributed by atoms with van der Waals surface area (Å²) in [5.41, 5.74) is 1.11. The number of hydrogen-bond acceptors (Lipinski definition) is 3. The molecule has 1 aromatic rings. The molecule has 0 aromatic carbocycles. The van der Waals surface area contributed by atoms with Gasteiger partial charge in [-0.2, -0.15) is 0 Å². The third-order valence-corrected chi connectivity index (χ3v) is 3.21. The van der Waals surface area contributed by atoms with Crippen molar-refractivity contribution in [3.05, 3.63) is 33.7 Å². The Hall–Kier alpha value is -1.13. The summed E-state index contributed by atoms with van der Waals surface area (Å²) in [7, 11) is 1.63. The van der Waals surface area contributed by atoms with Gasteiger partial charge in [-0.3, -0.25) is 9.59 Å². The Labute approximate surface area is 124 Å². The number of hydrogen-bond donors (Lipinski definition) is 0. The van der Waals surface area contributed by atoms with Gasteiger partial charge in [-0.05, 0) is 24.1 Å². The van der Waals surface area contributed by atoms with E-state index in [4.69, 9.17) is 16.3 Å². The molecule has 4 nitrogen and oxygen atoms in total. The van der Waals surface area contributed by atoms with Crippen molar-refractivity contribution in [2.45, 2.75) is 45.6 Å². The van der Waals surface area contributed by atoms with Crippen molar-refractivity contribution in [1.29, 1.82) is 0 Å². The van der Waals surface area contributed by atoms with Crippen LogP contribution in [0.4, 0.5) is 0 Å². The molecule has 0 radical (unpaired) electrons. The maximum absolute atomic E-state index is 12.5. The van der Waals surface area contributed by atoms with Gasteiger partial charge in [0.2, 0.25) is 5.24 Å². The van der Waals surface area contributed by atoms with Crippen molar-refractivity contribution < 1.29 is 9.53 Å². The molecule has 20 heavy (non-hydrogen) atoms. The van der Waals surface area contributed by atoms with E-state index < -0.39 is 5.24 Å². The van der Waals surface area contributed by atoms with Crippen molar-refractivity contribution in [3.8, 4) is 0 Å². The van der Waals surface area contributed by atoms with E-state index in [1.165, 1.54) is 0 Å². The highest BCUT2D eigenvalue weighted by atomic mass is 35.5. The number of rotatable bonds is 6. The summed E-state index contributed by atoms with van der Waals surface area (Å²) in [5.74, 6) is 0. The first-order valence-electron chi connectivity index (χ1n) is 6.68. The first-order valence-corrected chi connectivity index (χ1v) is 7.05. The number of pyridine rings is 1. The maximum atomic E-state index is 12.5. The average Bonchev–Trinajstić information content (AvgIpc) is 2.32. The van der Waals surface area contributed by atoms with E-state index in [0.717, 1.165) is 12.1 Å². The van der Waals surface area contributed by atoms with Crippen LogP contribution in [-0.2, 0) is 27.9 Å². The first kappa shape index (κ1) is 16.9. The Morgan fingerprint density at radius 1 is 1.35 bits per heavy atom. The quantitative estimate of drug-likeness (QED) is 0.599. The molecule has 0 aliphatic heterocycles. The van der Waals surface area contributed by atoms with Gasteiger partial charge in [0.15, 0.2) is 0 Å². The summed E-state index contributed by atoms with van der Waals surface area (Å²) in [6.45, 7) is 7.33. The minimum Gasteiger partial charge on any atom is -0.385 e. The zero-order valence-electron chi connectivity index (χ0n) is 12.5. The molecule has 1 rings (SSSR count). The molecule has 1 aromatic heterocycles. The second-order valence-electron chi connectivity index (χ2n) is 5.83. The Morgan fingerprint density at radius 3 is 2.50 bits per heavy atom. The summed E-state index contributed by atoms with van der Waals surface area (Å²) < 4.78 is 6.76. The lowest BCUT2D eigenvalue weighted by Crippen LogP contribution is -2.32. The lowest BCUT2D eigenvalue weighted by atomic mass is 9.90. The molecule has 5 heteroatoms. The molecule has 0 saturated carbocycles. The van der Waals surface area contributed by atoms with Crippen LogP contribution in [0.25, 0.3) is 0 Å². The Bertz CT molecular complexity index is 529. The van der Waals surface area contributed by atoms with Crippen LogP contribution in [0.1, 0.15) is 38.4 Å². The van der Waals surface area contributed by atoms with Crippen LogP contribution in [0.15, 0.2) is 16.9 Å². The zero-order valence-corrected chi connectivity index (χ0v) is 13.3. The van der Waals surface area contributed by atoms with Crippen molar-refractivity contribution in [1.82, 2.24) is 4.57 Å². The summed E-state index contributed by atoms with van der Waals surface area (Å²) in [4.78, 5) is 23.5. The van der Waals surface area contributed by atoms with E-state index in [1.807, 2.05) is 6.07 Å². The molecule has 0 aliphatic rings. The Balaban J connectivity index is 3.23. The number of carbonyl (C=O) groups is 1. The van der Waals surface area contributed by atoms with E-state index >= 15 is 0 Å². The van der Waals surface area contributed by atoms with E-state index in [1.54, 1.807) is 17.7 Å². The molecule has 1 heterocycles. The molecule has 0 N–H and O–H groups in total. The fraction of sp³-hybridized carbons (Fsp3) is 0.600. The fourth-order valence-corrected chi connectivity index (χ4v) is 2.30. The predicted molar refractivity (Wildman–Crippen MR) is 80.5 cm³/mol. The number of nitrogens with zero attached hydrogens (tertiary/aromatic N) is 1. The second-order valence-corrected chi connectivity index (χ2v) is 6.25. The largest absolute Gasteiger partial charge is 0.385 e. The standard InChI is InChI=1S/C15H22ClNO3/c1-15(2,3)12-7-6-11(10-13(16)18)14(19)17(12)8-5-9-20-4/h6-7H,5,8-10H2,1-4H3. The molecule has 0 saturated heterocycles. The molecular weight excluding hydrogens is 278 g/mol. The van der Waals surface area contributed by atoms with Gasteiger partial charge in [0, 0.05) is 36.9 Å². The Morgan fingerprint density at radius 2 is 2.00 bits per heavy atom. The van der Waals surface area contributed by atoms with Crippen molar-refractivity contribution in [3.63, 3.8) is 0 Å². The van der Waals surface area contributed by atoms with Crippen molar-refractivity contribution >= 4 is 16.8 Å². The van der Waals surface area contributed by atoms with Crippen molar-refractivity contribution in [2.75, 3.05) is 13.7 Å². The van der Waals surface area contributed by atoms with Gasteiger partial charge in [-0.1, -0.05) is 26.8 Å². The minimum atomic E-state index is -0.519. The summed E-state index contributed by atoms with van der Waals surface area (Å²) in [5, 5.41) is -0.519. The van der Waals surface area contributed by atoms with Gasteiger partial charge in [0.05, 0.1) is 6.42 Å². The van der Waals surface area contributed by atoms with Crippen molar-refractivity contribution in [2.24, 2.45) is 0 Å². The van der Waals surface area contributed by atoms with Crippen LogP contribution >= 0.6 is 11.6 Å². The summed E-state index contributed by atoms with van der Waals surface area (Å²) in [6, 6.07) is 3.61. The number of carbonyl (C=O) groups excluding carboxylic acids is 1. The van der Waals surface area contributed by atoms with Crippen LogP contribution in [0.3, 0.4) is 0 Å². The molecule has 112 valence electrons. The van der Waals surface area contributed by atoms with Crippen LogP contribution in [0.5, 0.6) is 0 Å². The molecule has 0 atom stereocenters. The second kappa shape index (κ2) is 7.04. The van der Waals surface area contributed by atoms with Crippen LogP contribution in [0, 0.1) is 0 Å². The Kier molecular flexibility index (Phi) is 5.96.